The molecule has 1 atom stereocenters. The number of nitrogens with zero attached hydrogens (tertiary/aromatic N) is 4. The Hall–Kier alpha value is -3.04. The molecule has 0 aliphatic carbocycles. The van der Waals surface area contributed by atoms with Gasteiger partial charge in [0.15, 0.2) is 5.82 Å². The highest BCUT2D eigenvalue weighted by atomic mass is 32.1. The minimum atomic E-state index is -0.0918. The molecule has 0 bridgehead atoms. The van der Waals surface area contributed by atoms with Crippen LogP contribution in [0.2, 0.25) is 0 Å². The maximum absolute atomic E-state index is 12.7. The zero-order chi connectivity index (χ0) is 21.4. The number of thiophene rings is 1. The number of aromatic amines is 1. The number of benzene rings is 1. The van der Waals surface area contributed by atoms with Crippen LogP contribution in [-0.4, -0.2) is 45.2 Å². The van der Waals surface area contributed by atoms with Gasteiger partial charge in [-0.1, -0.05) is 5.16 Å². The van der Waals surface area contributed by atoms with E-state index in [1.165, 1.54) is 11.3 Å². The van der Waals surface area contributed by atoms with Crippen LogP contribution < -0.4 is 10.3 Å². The lowest BCUT2D eigenvalue weighted by molar-refractivity contribution is 0.176. The summed E-state index contributed by atoms with van der Waals surface area (Å²) < 4.78 is 11.2. The number of aromatic nitrogens is 4. The fourth-order valence-corrected chi connectivity index (χ4v) is 5.05. The van der Waals surface area contributed by atoms with E-state index in [1.807, 2.05) is 37.3 Å². The quantitative estimate of drug-likeness (QED) is 0.508. The second-order valence-corrected chi connectivity index (χ2v) is 8.87. The van der Waals surface area contributed by atoms with E-state index in [1.54, 1.807) is 7.11 Å². The summed E-state index contributed by atoms with van der Waals surface area (Å²) in [7, 11) is 1.65. The molecule has 4 aromatic rings. The molecule has 1 aliphatic rings. The van der Waals surface area contributed by atoms with E-state index in [2.05, 4.69) is 20.0 Å². The summed E-state index contributed by atoms with van der Waals surface area (Å²) in [6.45, 7) is 4.18. The molecule has 8 nitrogen and oxygen atoms in total. The second kappa shape index (κ2) is 8.24. The van der Waals surface area contributed by atoms with Crippen LogP contribution in [-0.2, 0) is 6.54 Å². The Labute approximate surface area is 182 Å². The van der Waals surface area contributed by atoms with Gasteiger partial charge in [0.25, 0.3) is 5.56 Å². The van der Waals surface area contributed by atoms with Gasteiger partial charge < -0.3 is 14.2 Å². The smallest absolute Gasteiger partial charge is 0.268 e. The van der Waals surface area contributed by atoms with Gasteiger partial charge in [0.05, 0.1) is 25.1 Å². The summed E-state index contributed by atoms with van der Waals surface area (Å²) in [5.41, 5.74) is 1.68. The molecule has 1 aliphatic heterocycles. The number of fused-ring (bicyclic) bond motifs is 1. The Balaban J connectivity index is 1.37. The zero-order valence-electron chi connectivity index (χ0n) is 17.4. The highest BCUT2D eigenvalue weighted by Crippen LogP contribution is 2.32. The van der Waals surface area contributed by atoms with Gasteiger partial charge in [-0.05, 0) is 62.2 Å². The first kappa shape index (κ1) is 19.9. The van der Waals surface area contributed by atoms with Crippen molar-refractivity contribution in [3.05, 3.63) is 58.2 Å². The monoisotopic (exact) mass is 437 g/mol. The summed E-state index contributed by atoms with van der Waals surface area (Å²) in [5, 5.41) is 3.91. The molecule has 3 aromatic heterocycles. The SMILES string of the molecule is COc1ccc(-c2cc3nc(CN4CCCC(c5nc(C)no5)C4)[nH]c(=O)c3s2)cc1. The molecule has 4 heterocycles. The Bertz CT molecular complexity index is 1260. The Morgan fingerprint density at radius 1 is 1.29 bits per heavy atom. The summed E-state index contributed by atoms with van der Waals surface area (Å²) in [5.74, 6) is 3.06. The van der Waals surface area contributed by atoms with E-state index in [4.69, 9.17) is 14.2 Å². The summed E-state index contributed by atoms with van der Waals surface area (Å²) in [4.78, 5) is 28.1. The van der Waals surface area contributed by atoms with Crippen molar-refractivity contribution in [2.45, 2.75) is 32.2 Å². The third kappa shape index (κ3) is 4.11. The van der Waals surface area contributed by atoms with Crippen molar-refractivity contribution in [2.75, 3.05) is 20.2 Å². The van der Waals surface area contributed by atoms with Crippen LogP contribution >= 0.6 is 11.3 Å². The van der Waals surface area contributed by atoms with Crippen LogP contribution in [0.25, 0.3) is 20.7 Å². The number of likely N-dealkylation sites (tertiary alicyclic amines) is 1. The summed E-state index contributed by atoms with van der Waals surface area (Å²) in [6.07, 6.45) is 2.06. The van der Waals surface area contributed by atoms with Crippen molar-refractivity contribution >= 4 is 21.6 Å². The van der Waals surface area contributed by atoms with Gasteiger partial charge >= 0.3 is 0 Å². The average molecular weight is 438 g/mol. The van der Waals surface area contributed by atoms with E-state index in [0.717, 1.165) is 47.6 Å². The molecular weight excluding hydrogens is 414 g/mol. The Morgan fingerprint density at radius 2 is 2.13 bits per heavy atom. The van der Waals surface area contributed by atoms with E-state index in [-0.39, 0.29) is 11.5 Å². The highest BCUT2D eigenvalue weighted by molar-refractivity contribution is 7.22. The molecule has 9 heteroatoms. The molecular formula is C22H23N5O3S. The topological polar surface area (TPSA) is 97.1 Å². The van der Waals surface area contributed by atoms with Crippen LogP contribution in [0.1, 0.15) is 36.3 Å². The molecule has 1 fully saturated rings. The van der Waals surface area contributed by atoms with Crippen LogP contribution in [0, 0.1) is 6.92 Å². The fourth-order valence-electron chi connectivity index (χ4n) is 4.05. The van der Waals surface area contributed by atoms with Gasteiger partial charge in [-0.15, -0.1) is 11.3 Å². The van der Waals surface area contributed by atoms with Gasteiger partial charge in [0.2, 0.25) is 5.89 Å². The first-order valence-electron chi connectivity index (χ1n) is 10.3. The largest absolute Gasteiger partial charge is 0.497 e. The lowest BCUT2D eigenvalue weighted by atomic mass is 9.98. The molecule has 160 valence electrons. The average Bonchev–Trinajstić information content (AvgIpc) is 3.41. The van der Waals surface area contributed by atoms with Crippen molar-refractivity contribution in [1.29, 1.82) is 0 Å². The van der Waals surface area contributed by atoms with Crippen molar-refractivity contribution in [3.63, 3.8) is 0 Å². The van der Waals surface area contributed by atoms with Crippen LogP contribution in [0.5, 0.6) is 5.75 Å². The fraction of sp³-hybridized carbons (Fsp3) is 0.364. The number of methoxy groups -OCH3 is 1. The molecule has 1 unspecified atom stereocenters. The number of piperidine rings is 1. The summed E-state index contributed by atoms with van der Waals surface area (Å²) in [6, 6.07) is 9.80. The summed E-state index contributed by atoms with van der Waals surface area (Å²) >= 11 is 1.46. The number of nitrogens with one attached hydrogen (secondary N) is 1. The van der Waals surface area contributed by atoms with Crippen LogP contribution in [0.3, 0.4) is 0 Å². The lowest BCUT2D eigenvalue weighted by Crippen LogP contribution is -2.35. The molecule has 31 heavy (non-hydrogen) atoms. The van der Waals surface area contributed by atoms with E-state index in [0.29, 0.717) is 28.8 Å². The second-order valence-electron chi connectivity index (χ2n) is 7.82. The Kier molecular flexibility index (Phi) is 5.29. The first-order valence-corrected chi connectivity index (χ1v) is 11.1. The third-order valence-corrected chi connectivity index (χ3v) is 6.75. The maximum Gasteiger partial charge on any atom is 0.268 e. The zero-order valence-corrected chi connectivity index (χ0v) is 18.2. The molecule has 1 N–H and O–H groups in total. The van der Waals surface area contributed by atoms with Crippen molar-refractivity contribution in [3.8, 4) is 16.2 Å². The van der Waals surface area contributed by atoms with E-state index < -0.39 is 0 Å². The number of H-pyrrole nitrogens is 1. The van der Waals surface area contributed by atoms with Crippen molar-refractivity contribution < 1.29 is 9.26 Å². The van der Waals surface area contributed by atoms with Gasteiger partial charge in [-0.2, -0.15) is 4.98 Å². The number of rotatable bonds is 5. The molecule has 1 aromatic carbocycles. The van der Waals surface area contributed by atoms with Crippen molar-refractivity contribution in [1.82, 2.24) is 25.0 Å². The van der Waals surface area contributed by atoms with Gasteiger partial charge in [-0.25, -0.2) is 4.98 Å². The molecule has 5 rings (SSSR count). The van der Waals surface area contributed by atoms with Gasteiger partial charge in [0, 0.05) is 11.4 Å². The minimum Gasteiger partial charge on any atom is -0.497 e. The van der Waals surface area contributed by atoms with E-state index in [9.17, 15) is 4.79 Å². The number of aryl methyl sites for hydroxylation is 1. The van der Waals surface area contributed by atoms with Gasteiger partial charge in [-0.3, -0.25) is 9.69 Å². The number of hydrogen-bond donors (Lipinski definition) is 1. The molecule has 0 radical (unpaired) electrons. The lowest BCUT2D eigenvalue weighted by Gasteiger charge is -2.30. The van der Waals surface area contributed by atoms with Gasteiger partial charge in [0.1, 0.15) is 16.3 Å². The number of hydrogen-bond acceptors (Lipinski definition) is 8. The maximum atomic E-state index is 12.7. The van der Waals surface area contributed by atoms with Crippen LogP contribution in [0.4, 0.5) is 0 Å². The van der Waals surface area contributed by atoms with E-state index >= 15 is 0 Å². The third-order valence-electron chi connectivity index (χ3n) is 5.58. The molecule has 1 saturated heterocycles. The van der Waals surface area contributed by atoms with Crippen molar-refractivity contribution in [2.24, 2.45) is 0 Å². The first-order chi connectivity index (χ1) is 15.1. The normalized spacial score (nSPS) is 17.3. The minimum absolute atomic E-state index is 0.0918. The predicted octanol–water partition coefficient (Wildman–Crippen LogP) is 3.73. The molecule has 0 amide bonds. The standard InChI is InChI=1S/C22H23N5O3S/c1-13-23-22(30-26-13)15-4-3-9-27(11-15)12-19-24-17-10-18(31-20(17)21(28)25-19)14-5-7-16(29-2)8-6-14/h5-8,10,15H,3-4,9,11-12H2,1-2H3,(H,24,25,28). The molecule has 0 saturated carbocycles. The predicted molar refractivity (Wildman–Crippen MR) is 119 cm³/mol. The molecule has 0 spiro atoms. The number of ether oxygens (including phenoxy) is 1. The highest BCUT2D eigenvalue weighted by Gasteiger charge is 2.26. The Morgan fingerprint density at radius 3 is 2.87 bits per heavy atom. The van der Waals surface area contributed by atoms with Crippen LogP contribution in [0.15, 0.2) is 39.6 Å².